The van der Waals surface area contributed by atoms with E-state index in [0.717, 1.165) is 23.0 Å². The van der Waals surface area contributed by atoms with Gasteiger partial charge in [0, 0.05) is 49.3 Å². The van der Waals surface area contributed by atoms with Gasteiger partial charge in [-0.1, -0.05) is 36.4 Å². The van der Waals surface area contributed by atoms with Crippen LogP contribution < -0.4 is 5.32 Å². The number of rotatable bonds is 6. The fraction of sp³-hybridized carbons (Fsp3) is 0.292. The number of ether oxygens (including phenoxy) is 1. The van der Waals surface area contributed by atoms with Crippen LogP contribution in [0.5, 0.6) is 0 Å². The van der Waals surface area contributed by atoms with Gasteiger partial charge in [-0.05, 0) is 30.7 Å². The second-order valence-electron chi connectivity index (χ2n) is 7.46. The molecule has 1 fully saturated rings. The summed E-state index contributed by atoms with van der Waals surface area (Å²) >= 11 is 0. The van der Waals surface area contributed by atoms with E-state index in [0.29, 0.717) is 37.4 Å². The third-order valence-electron chi connectivity index (χ3n) is 5.49. The maximum absolute atomic E-state index is 12.8. The van der Waals surface area contributed by atoms with Gasteiger partial charge in [0.25, 0.3) is 11.8 Å². The van der Waals surface area contributed by atoms with Gasteiger partial charge in [-0.25, -0.2) is 0 Å². The summed E-state index contributed by atoms with van der Waals surface area (Å²) in [4.78, 5) is 32.3. The fourth-order valence-corrected chi connectivity index (χ4v) is 3.90. The normalized spacial score (nSPS) is 16.0. The number of hydrogen-bond acceptors (Lipinski definition) is 4. The van der Waals surface area contributed by atoms with Crippen LogP contribution in [-0.4, -0.2) is 55.0 Å². The Labute approximate surface area is 175 Å². The van der Waals surface area contributed by atoms with Crippen molar-refractivity contribution in [3.8, 4) is 0 Å². The number of pyridine rings is 1. The molecule has 1 aromatic heterocycles. The molecular formula is C24H25N3O3. The molecule has 0 unspecified atom stereocenters. The highest BCUT2D eigenvalue weighted by molar-refractivity contribution is 6.06. The number of aromatic nitrogens is 1. The van der Waals surface area contributed by atoms with Crippen LogP contribution >= 0.6 is 0 Å². The number of likely N-dealkylation sites (tertiary alicyclic amines) is 1. The van der Waals surface area contributed by atoms with Gasteiger partial charge in [0.05, 0.1) is 17.7 Å². The van der Waals surface area contributed by atoms with Gasteiger partial charge in [0.1, 0.15) is 0 Å². The minimum atomic E-state index is -0.137. The molecule has 1 N–H and O–H groups in total. The Morgan fingerprint density at radius 2 is 1.90 bits per heavy atom. The van der Waals surface area contributed by atoms with Crippen molar-refractivity contribution < 1.29 is 14.3 Å². The van der Waals surface area contributed by atoms with Crippen molar-refractivity contribution >= 4 is 22.7 Å². The zero-order chi connectivity index (χ0) is 20.9. The molecule has 1 atom stereocenters. The number of hydrogen-bond donors (Lipinski definition) is 1. The smallest absolute Gasteiger partial charge is 0.253 e. The number of nitrogens with zero attached hydrogens (tertiary/aromatic N) is 2. The predicted molar refractivity (Wildman–Crippen MR) is 116 cm³/mol. The molecule has 2 aromatic carbocycles. The average Bonchev–Trinajstić information content (AvgIpc) is 3.29. The molecule has 6 heteroatoms. The molecule has 3 aromatic rings. The molecule has 0 aliphatic carbocycles. The quantitative estimate of drug-likeness (QED) is 0.642. The minimum absolute atomic E-state index is 0.0384. The molecule has 6 nitrogen and oxygen atoms in total. The summed E-state index contributed by atoms with van der Waals surface area (Å²) in [7, 11) is 1.61. The van der Waals surface area contributed by atoms with Crippen LogP contribution in [-0.2, 0) is 4.74 Å². The summed E-state index contributed by atoms with van der Waals surface area (Å²) < 4.78 is 5.03. The van der Waals surface area contributed by atoms with Crippen LogP contribution in [0, 0.1) is 0 Å². The van der Waals surface area contributed by atoms with Crippen molar-refractivity contribution in [3.63, 3.8) is 0 Å². The van der Waals surface area contributed by atoms with Crippen molar-refractivity contribution in [1.82, 2.24) is 15.2 Å². The van der Waals surface area contributed by atoms with E-state index < -0.39 is 0 Å². The van der Waals surface area contributed by atoms with Gasteiger partial charge in [-0.2, -0.15) is 0 Å². The van der Waals surface area contributed by atoms with E-state index in [1.807, 2.05) is 65.6 Å². The predicted octanol–water partition coefficient (Wildman–Crippen LogP) is 3.24. The van der Waals surface area contributed by atoms with E-state index >= 15 is 0 Å². The first kappa shape index (κ1) is 20.0. The number of carbonyl (C=O) groups is 2. The number of benzene rings is 2. The van der Waals surface area contributed by atoms with Gasteiger partial charge in [-0.3, -0.25) is 14.6 Å². The summed E-state index contributed by atoms with van der Waals surface area (Å²) in [6.45, 7) is 2.19. The van der Waals surface area contributed by atoms with Gasteiger partial charge in [0.15, 0.2) is 0 Å². The Morgan fingerprint density at radius 3 is 2.70 bits per heavy atom. The van der Waals surface area contributed by atoms with Gasteiger partial charge in [-0.15, -0.1) is 0 Å². The molecular weight excluding hydrogens is 378 g/mol. The molecule has 0 bridgehead atoms. The zero-order valence-corrected chi connectivity index (χ0v) is 17.0. The molecule has 1 aliphatic rings. The van der Waals surface area contributed by atoms with Gasteiger partial charge < -0.3 is 15.0 Å². The summed E-state index contributed by atoms with van der Waals surface area (Å²) in [6, 6.07) is 18.9. The molecule has 0 spiro atoms. The van der Waals surface area contributed by atoms with E-state index in [1.165, 1.54) is 0 Å². The third kappa shape index (κ3) is 4.19. The maximum Gasteiger partial charge on any atom is 0.253 e. The van der Waals surface area contributed by atoms with Crippen LogP contribution in [0.2, 0.25) is 0 Å². The molecule has 1 saturated heterocycles. The second kappa shape index (κ2) is 9.05. The largest absolute Gasteiger partial charge is 0.383 e. The summed E-state index contributed by atoms with van der Waals surface area (Å²) in [6.07, 6.45) is 0.828. The van der Waals surface area contributed by atoms with Crippen LogP contribution in [0.25, 0.3) is 10.9 Å². The second-order valence-corrected chi connectivity index (χ2v) is 7.46. The van der Waals surface area contributed by atoms with Crippen LogP contribution in [0.15, 0.2) is 60.7 Å². The number of fused-ring (bicyclic) bond motifs is 1. The molecule has 1 aliphatic heterocycles. The van der Waals surface area contributed by atoms with Crippen molar-refractivity contribution in [2.75, 3.05) is 33.4 Å². The molecule has 2 amide bonds. The first-order chi connectivity index (χ1) is 14.7. The first-order valence-corrected chi connectivity index (χ1v) is 10.2. The lowest BCUT2D eigenvalue weighted by Crippen LogP contribution is -2.29. The summed E-state index contributed by atoms with van der Waals surface area (Å²) in [5.41, 5.74) is 2.95. The van der Waals surface area contributed by atoms with Crippen molar-refractivity contribution in [3.05, 3.63) is 77.5 Å². The zero-order valence-electron chi connectivity index (χ0n) is 17.0. The lowest BCUT2D eigenvalue weighted by atomic mass is 9.99. The maximum atomic E-state index is 12.8. The van der Waals surface area contributed by atoms with Crippen molar-refractivity contribution in [2.45, 2.75) is 12.3 Å². The molecule has 154 valence electrons. The highest BCUT2D eigenvalue weighted by Gasteiger charge is 2.29. The van der Waals surface area contributed by atoms with Gasteiger partial charge in [0.2, 0.25) is 0 Å². The summed E-state index contributed by atoms with van der Waals surface area (Å²) in [5.74, 6) is 0.00586. The Kier molecular flexibility index (Phi) is 6.05. The Balaban J connectivity index is 1.58. The standard InChI is InChI=1S/C24H25N3O3/c1-30-14-12-25-23(28)20-15-22(26-21-10-6-5-9-19(20)21)18-11-13-27(16-18)24(29)17-7-3-2-4-8-17/h2-10,15,18H,11-14,16H2,1H3,(H,25,28)/t18-/m0/s1. The summed E-state index contributed by atoms with van der Waals surface area (Å²) in [5, 5.41) is 3.73. The van der Waals surface area contributed by atoms with Crippen molar-refractivity contribution in [2.24, 2.45) is 0 Å². The van der Waals surface area contributed by atoms with E-state index in [2.05, 4.69) is 5.32 Å². The molecule has 30 heavy (non-hydrogen) atoms. The average molecular weight is 403 g/mol. The van der Waals surface area contributed by atoms with Gasteiger partial charge >= 0.3 is 0 Å². The topological polar surface area (TPSA) is 71.5 Å². The monoisotopic (exact) mass is 403 g/mol. The minimum Gasteiger partial charge on any atom is -0.383 e. The highest BCUT2D eigenvalue weighted by Crippen LogP contribution is 2.30. The lowest BCUT2D eigenvalue weighted by molar-refractivity contribution is 0.0790. The number of amides is 2. The van der Waals surface area contributed by atoms with E-state index in [-0.39, 0.29) is 17.7 Å². The van der Waals surface area contributed by atoms with Crippen LogP contribution in [0.4, 0.5) is 0 Å². The van der Waals surface area contributed by atoms with Crippen LogP contribution in [0.1, 0.15) is 38.7 Å². The molecule has 2 heterocycles. The number of methoxy groups -OCH3 is 1. The van der Waals surface area contributed by atoms with E-state index in [9.17, 15) is 9.59 Å². The van der Waals surface area contributed by atoms with E-state index in [4.69, 9.17) is 9.72 Å². The lowest BCUT2D eigenvalue weighted by Gasteiger charge is -2.17. The number of para-hydroxylation sites is 1. The third-order valence-corrected chi connectivity index (χ3v) is 5.49. The Bertz CT molecular complexity index is 1050. The Hall–Kier alpha value is -3.25. The SMILES string of the molecule is COCCNC(=O)c1cc([C@H]2CCN(C(=O)c3ccccc3)C2)nc2ccccc12. The number of nitrogens with one attached hydrogen (secondary N) is 1. The first-order valence-electron chi connectivity index (χ1n) is 10.2. The number of carbonyl (C=O) groups excluding carboxylic acids is 2. The van der Waals surface area contributed by atoms with Crippen LogP contribution in [0.3, 0.4) is 0 Å². The highest BCUT2D eigenvalue weighted by atomic mass is 16.5. The Morgan fingerprint density at radius 1 is 1.13 bits per heavy atom. The van der Waals surface area contributed by atoms with Crippen molar-refractivity contribution in [1.29, 1.82) is 0 Å². The molecule has 0 radical (unpaired) electrons. The molecule has 0 saturated carbocycles. The van der Waals surface area contributed by atoms with E-state index in [1.54, 1.807) is 7.11 Å². The fourth-order valence-electron chi connectivity index (χ4n) is 3.90. The molecule has 4 rings (SSSR count).